The first kappa shape index (κ1) is 11.6. The molecule has 0 saturated carbocycles. The van der Waals surface area contributed by atoms with Crippen LogP contribution in [0.5, 0.6) is 0 Å². The fraction of sp³-hybridized carbons (Fsp3) is 0.167. The molecule has 0 spiro atoms. The van der Waals surface area contributed by atoms with Crippen molar-refractivity contribution < 1.29 is 9.47 Å². The zero-order chi connectivity index (χ0) is 10.8. The van der Waals surface area contributed by atoms with Crippen LogP contribution in [-0.4, -0.2) is 14.2 Å². The molecule has 0 aliphatic carbocycles. The molecule has 0 aromatic carbocycles. The Morgan fingerprint density at radius 3 is 1.43 bits per heavy atom. The number of methoxy groups -OCH3 is 2. The molecule has 0 bridgehead atoms. The van der Waals surface area contributed by atoms with Crippen LogP contribution in [-0.2, 0) is 9.47 Å². The zero-order valence-electron chi connectivity index (χ0n) is 7.97. The van der Waals surface area contributed by atoms with Gasteiger partial charge in [-0.15, -0.1) is 12.8 Å². The summed E-state index contributed by atoms with van der Waals surface area (Å²) in [5.41, 5.74) is 0.609. The van der Waals surface area contributed by atoms with Gasteiger partial charge < -0.3 is 9.47 Å². The first-order valence-corrected chi connectivity index (χ1v) is 3.55. The highest BCUT2D eigenvalue weighted by atomic mass is 16.5. The molecule has 0 aliphatic heterocycles. The van der Waals surface area contributed by atoms with Crippen molar-refractivity contribution in [3.8, 4) is 48.7 Å². The van der Waals surface area contributed by atoms with Gasteiger partial charge in [0.05, 0.1) is 14.2 Å². The molecule has 2 heteroatoms. The molecule has 0 heterocycles. The van der Waals surface area contributed by atoms with Gasteiger partial charge in [0.15, 0.2) is 0 Å². The van der Waals surface area contributed by atoms with Crippen molar-refractivity contribution in [3.05, 3.63) is 11.1 Å². The number of hydrogen-bond acceptors (Lipinski definition) is 2. The standard InChI is InChI=1S/C12H8O2/c1-5-11(7-9-13-3)12(6-2)8-10-14-4/h1-2H,3-4H3. The average molecular weight is 184 g/mol. The predicted octanol–water partition coefficient (Wildman–Crippen LogP) is 0.764. The molecule has 2 nitrogen and oxygen atoms in total. The Kier molecular flexibility index (Phi) is 5.99. The monoisotopic (exact) mass is 184 g/mol. The van der Waals surface area contributed by atoms with Crippen LogP contribution in [0.4, 0.5) is 0 Å². The van der Waals surface area contributed by atoms with E-state index in [0.29, 0.717) is 11.1 Å². The normalized spacial score (nSPS) is 8.57. The quantitative estimate of drug-likeness (QED) is 0.517. The topological polar surface area (TPSA) is 18.5 Å². The van der Waals surface area contributed by atoms with E-state index in [4.69, 9.17) is 12.8 Å². The molecule has 0 rings (SSSR count). The zero-order valence-corrected chi connectivity index (χ0v) is 7.97. The number of terminal acetylenes is 2. The summed E-state index contributed by atoms with van der Waals surface area (Å²) in [6, 6.07) is 0. The van der Waals surface area contributed by atoms with Gasteiger partial charge in [0.25, 0.3) is 0 Å². The van der Waals surface area contributed by atoms with E-state index < -0.39 is 0 Å². The van der Waals surface area contributed by atoms with E-state index in [9.17, 15) is 0 Å². The van der Waals surface area contributed by atoms with Gasteiger partial charge in [-0.05, 0) is 11.8 Å². The first-order valence-electron chi connectivity index (χ1n) is 3.55. The van der Waals surface area contributed by atoms with Gasteiger partial charge in [-0.25, -0.2) is 0 Å². The molecule has 0 aliphatic rings. The Morgan fingerprint density at radius 1 is 0.857 bits per heavy atom. The van der Waals surface area contributed by atoms with E-state index in [-0.39, 0.29) is 0 Å². The minimum Gasteiger partial charge on any atom is -0.450 e. The molecule has 0 N–H and O–H groups in total. The third-order valence-electron chi connectivity index (χ3n) is 1.09. The van der Waals surface area contributed by atoms with Gasteiger partial charge in [-0.2, -0.15) is 0 Å². The second-order valence-corrected chi connectivity index (χ2v) is 1.90. The van der Waals surface area contributed by atoms with E-state index in [1.165, 1.54) is 14.2 Å². The van der Waals surface area contributed by atoms with Gasteiger partial charge >= 0.3 is 0 Å². The number of allylic oxidation sites excluding steroid dienone is 2. The first-order chi connectivity index (χ1) is 6.79. The molecular formula is C12H8O2. The fourth-order valence-corrected chi connectivity index (χ4v) is 0.546. The van der Waals surface area contributed by atoms with Gasteiger partial charge in [0.1, 0.15) is 23.4 Å². The highest BCUT2D eigenvalue weighted by molar-refractivity contribution is 5.58. The molecule has 0 fully saturated rings. The molecule has 0 aromatic rings. The van der Waals surface area contributed by atoms with E-state index in [1.54, 1.807) is 0 Å². The maximum Gasteiger partial charge on any atom is 0.116 e. The lowest BCUT2D eigenvalue weighted by atomic mass is 10.1. The smallest absolute Gasteiger partial charge is 0.116 e. The second-order valence-electron chi connectivity index (χ2n) is 1.90. The Morgan fingerprint density at radius 2 is 1.21 bits per heavy atom. The minimum absolute atomic E-state index is 0.305. The second kappa shape index (κ2) is 7.24. The van der Waals surface area contributed by atoms with Gasteiger partial charge in [0.2, 0.25) is 0 Å². The van der Waals surface area contributed by atoms with E-state index in [0.717, 1.165) is 0 Å². The lowest BCUT2D eigenvalue weighted by molar-refractivity contribution is 0.372. The summed E-state index contributed by atoms with van der Waals surface area (Å²) in [6.45, 7) is 0. The van der Waals surface area contributed by atoms with Crippen LogP contribution < -0.4 is 0 Å². The summed E-state index contributed by atoms with van der Waals surface area (Å²) in [6.07, 6.45) is 15.1. The fourth-order valence-electron chi connectivity index (χ4n) is 0.546. The Balaban J connectivity index is 5.18. The van der Waals surface area contributed by atoms with Crippen molar-refractivity contribution in [2.45, 2.75) is 0 Å². The van der Waals surface area contributed by atoms with Gasteiger partial charge in [-0.1, -0.05) is 11.8 Å². The molecule has 0 unspecified atom stereocenters. The summed E-state index contributed by atoms with van der Waals surface area (Å²) < 4.78 is 9.07. The average Bonchev–Trinajstić information content (AvgIpc) is 2.23. The maximum atomic E-state index is 5.19. The van der Waals surface area contributed by atoms with Crippen molar-refractivity contribution >= 4 is 0 Å². The Hall–Kier alpha value is -2.42. The summed E-state index contributed by atoms with van der Waals surface area (Å²) in [7, 11) is 2.86. The van der Waals surface area contributed by atoms with Crippen LogP contribution in [0.25, 0.3) is 0 Å². The highest BCUT2D eigenvalue weighted by Gasteiger charge is 1.95. The molecule has 68 valence electrons. The molecule has 0 saturated heterocycles. The van der Waals surface area contributed by atoms with Gasteiger partial charge in [-0.3, -0.25) is 0 Å². The molecule has 0 aromatic heterocycles. The Labute approximate surface area is 84.3 Å². The minimum atomic E-state index is 0.305. The van der Waals surface area contributed by atoms with Crippen molar-refractivity contribution in [1.29, 1.82) is 0 Å². The summed E-state index contributed by atoms with van der Waals surface area (Å²) in [4.78, 5) is 0. The molecule has 0 amide bonds. The van der Waals surface area contributed by atoms with E-state index in [2.05, 4.69) is 45.4 Å². The maximum absolute atomic E-state index is 5.19. The van der Waals surface area contributed by atoms with Crippen molar-refractivity contribution in [2.24, 2.45) is 0 Å². The molecule has 0 atom stereocenters. The van der Waals surface area contributed by atoms with Crippen LogP contribution in [0.15, 0.2) is 11.1 Å². The van der Waals surface area contributed by atoms with Crippen LogP contribution in [0.3, 0.4) is 0 Å². The SMILES string of the molecule is C#CC(C#COC)=C(C#C)C#COC. The van der Waals surface area contributed by atoms with Crippen LogP contribution in [0, 0.1) is 48.7 Å². The van der Waals surface area contributed by atoms with Crippen molar-refractivity contribution in [3.63, 3.8) is 0 Å². The summed E-state index contributed by atoms with van der Waals surface area (Å²) in [5.74, 6) is 9.74. The third kappa shape index (κ3) is 3.82. The van der Waals surface area contributed by atoms with E-state index in [1.807, 2.05) is 0 Å². The number of hydrogen-bond donors (Lipinski definition) is 0. The molecule has 14 heavy (non-hydrogen) atoms. The summed E-state index contributed by atoms with van der Waals surface area (Å²) in [5, 5.41) is 0. The van der Waals surface area contributed by atoms with Crippen molar-refractivity contribution in [2.75, 3.05) is 14.2 Å². The largest absolute Gasteiger partial charge is 0.450 e. The van der Waals surface area contributed by atoms with E-state index >= 15 is 0 Å². The number of rotatable bonds is 0. The lowest BCUT2D eigenvalue weighted by Gasteiger charge is -1.88. The van der Waals surface area contributed by atoms with Crippen LogP contribution in [0.1, 0.15) is 0 Å². The molecule has 0 radical (unpaired) electrons. The van der Waals surface area contributed by atoms with Crippen molar-refractivity contribution in [1.82, 2.24) is 0 Å². The molecular weight excluding hydrogens is 176 g/mol. The Bertz CT molecular complexity index is 377. The predicted molar refractivity (Wildman–Crippen MR) is 54.3 cm³/mol. The van der Waals surface area contributed by atoms with Gasteiger partial charge in [0, 0.05) is 0 Å². The highest BCUT2D eigenvalue weighted by Crippen LogP contribution is 1.99. The third-order valence-corrected chi connectivity index (χ3v) is 1.09. The lowest BCUT2D eigenvalue weighted by Crippen LogP contribution is -1.83. The van der Waals surface area contributed by atoms with Crippen LogP contribution >= 0.6 is 0 Å². The number of ether oxygens (including phenoxy) is 2. The summed E-state index contributed by atoms with van der Waals surface area (Å²) >= 11 is 0. The van der Waals surface area contributed by atoms with Crippen LogP contribution in [0.2, 0.25) is 0 Å².